The highest BCUT2D eigenvalue weighted by Crippen LogP contribution is 2.38. The average molecular weight is 341 g/mol. The van der Waals surface area contributed by atoms with Gasteiger partial charge in [0.25, 0.3) is 0 Å². The fourth-order valence-electron chi connectivity index (χ4n) is 2.23. The predicted molar refractivity (Wildman–Crippen MR) is 94.9 cm³/mol. The molecule has 1 fully saturated rings. The van der Waals surface area contributed by atoms with Crippen molar-refractivity contribution in [1.82, 2.24) is 10.2 Å². The third-order valence-corrected chi connectivity index (χ3v) is 3.84. The van der Waals surface area contributed by atoms with Crippen molar-refractivity contribution in [2.75, 3.05) is 14.1 Å². The van der Waals surface area contributed by atoms with Gasteiger partial charge >= 0.3 is 0 Å². The molecule has 0 spiro atoms. The van der Waals surface area contributed by atoms with Crippen molar-refractivity contribution >= 4 is 18.1 Å². The summed E-state index contributed by atoms with van der Waals surface area (Å²) in [6.45, 7) is 3.69. The van der Waals surface area contributed by atoms with Crippen LogP contribution in [0, 0.1) is 17.2 Å². The Morgan fingerprint density at radius 2 is 1.92 bits per heavy atom. The van der Waals surface area contributed by atoms with Crippen LogP contribution < -0.4 is 5.32 Å². The van der Waals surface area contributed by atoms with Gasteiger partial charge in [-0.15, -0.1) is 0 Å². The minimum atomic E-state index is -0.487. The summed E-state index contributed by atoms with van der Waals surface area (Å²) in [6.07, 6.45) is 8.21. The molecule has 0 aromatic carbocycles. The largest absolute Gasteiger partial charge is 0.355 e. The van der Waals surface area contributed by atoms with Crippen LogP contribution in [0.4, 0.5) is 0 Å². The zero-order valence-corrected chi connectivity index (χ0v) is 15.0. The lowest BCUT2D eigenvalue weighted by molar-refractivity contribution is -0.121. The number of nitrogens with one attached hydrogen (secondary N) is 1. The Kier molecular flexibility index (Phi) is 7.54. The minimum absolute atomic E-state index is 0.0223. The van der Waals surface area contributed by atoms with Crippen molar-refractivity contribution in [3.8, 4) is 6.07 Å². The molecule has 0 atom stereocenters. The number of likely N-dealkylation sites (N-methyl/N-ethyl adjacent to an activating group) is 2. The smallest absolute Gasteiger partial charge is 0.249 e. The molecule has 0 aromatic rings. The van der Waals surface area contributed by atoms with Crippen LogP contribution in [0.2, 0.25) is 0 Å². The van der Waals surface area contributed by atoms with Gasteiger partial charge in [-0.2, -0.15) is 5.26 Å². The second kappa shape index (κ2) is 9.38. The van der Waals surface area contributed by atoms with Crippen LogP contribution in [-0.2, 0) is 14.4 Å². The van der Waals surface area contributed by atoms with Gasteiger partial charge < -0.3 is 10.2 Å². The molecule has 0 bridgehead atoms. The molecule has 0 aliphatic heterocycles. The van der Waals surface area contributed by atoms with Gasteiger partial charge in [-0.25, -0.2) is 0 Å². The van der Waals surface area contributed by atoms with E-state index in [2.05, 4.69) is 5.32 Å². The first kappa shape index (κ1) is 20.1. The maximum Gasteiger partial charge on any atom is 0.249 e. The third-order valence-electron chi connectivity index (χ3n) is 3.84. The van der Waals surface area contributed by atoms with Crippen LogP contribution in [0.3, 0.4) is 0 Å². The lowest BCUT2D eigenvalue weighted by Crippen LogP contribution is -2.30. The zero-order chi connectivity index (χ0) is 19.0. The molecular formula is C19H23N3O3. The van der Waals surface area contributed by atoms with Crippen molar-refractivity contribution < 1.29 is 14.4 Å². The first-order valence-electron chi connectivity index (χ1n) is 8.01. The molecule has 0 heterocycles. The Labute approximate surface area is 148 Å². The number of allylic oxidation sites excluding steroid dienone is 6. The Bertz CT molecular complexity index is 717. The molecule has 0 aromatic heterocycles. The van der Waals surface area contributed by atoms with E-state index in [4.69, 9.17) is 5.26 Å². The first-order valence-corrected chi connectivity index (χ1v) is 8.01. The standard InChI is InChI=1S/C19H23N3O3/c1-5-13(2)10-14(11-20)6-9-16(24)18(22(4)12-23)17(15-7-8-15)19(25)21-3/h5-6,9-10,12,15H,7-8H2,1-4H3,(H,21,25)/b9-6+,13-5-,14-10+,18-17-. The Morgan fingerprint density at radius 3 is 2.36 bits per heavy atom. The molecule has 1 rings (SSSR count). The highest BCUT2D eigenvalue weighted by molar-refractivity contribution is 6.11. The van der Waals surface area contributed by atoms with Crippen LogP contribution >= 0.6 is 0 Å². The number of ketones is 1. The monoisotopic (exact) mass is 341 g/mol. The van der Waals surface area contributed by atoms with E-state index >= 15 is 0 Å². The maximum atomic E-state index is 12.6. The number of carbonyl (C=O) groups excluding carboxylic acids is 3. The summed E-state index contributed by atoms with van der Waals surface area (Å²) in [5, 5.41) is 11.7. The molecule has 1 saturated carbocycles. The minimum Gasteiger partial charge on any atom is -0.355 e. The van der Waals surface area contributed by atoms with E-state index < -0.39 is 5.78 Å². The Morgan fingerprint density at radius 1 is 1.28 bits per heavy atom. The molecule has 1 N–H and O–H groups in total. The highest BCUT2D eigenvalue weighted by atomic mass is 16.2. The van der Waals surface area contributed by atoms with Gasteiger partial charge in [-0.3, -0.25) is 14.4 Å². The molecule has 0 unspecified atom stereocenters. The van der Waals surface area contributed by atoms with Gasteiger partial charge in [0.1, 0.15) is 0 Å². The summed E-state index contributed by atoms with van der Waals surface area (Å²) in [5.74, 6) is -0.876. The number of rotatable bonds is 8. The fraction of sp³-hybridized carbons (Fsp3) is 0.368. The van der Waals surface area contributed by atoms with Crippen LogP contribution in [0.1, 0.15) is 26.7 Å². The lowest BCUT2D eigenvalue weighted by atomic mass is 10.0. The van der Waals surface area contributed by atoms with Gasteiger partial charge in [0.15, 0.2) is 0 Å². The lowest BCUT2D eigenvalue weighted by Gasteiger charge is -2.18. The summed E-state index contributed by atoms with van der Waals surface area (Å²) >= 11 is 0. The van der Waals surface area contributed by atoms with Crippen LogP contribution in [0.25, 0.3) is 0 Å². The molecule has 132 valence electrons. The van der Waals surface area contributed by atoms with E-state index in [-0.39, 0.29) is 17.5 Å². The van der Waals surface area contributed by atoms with E-state index in [1.54, 1.807) is 6.08 Å². The van der Waals surface area contributed by atoms with Crippen LogP contribution in [-0.4, -0.2) is 37.1 Å². The second-order valence-corrected chi connectivity index (χ2v) is 5.77. The van der Waals surface area contributed by atoms with E-state index in [0.717, 1.165) is 23.3 Å². The van der Waals surface area contributed by atoms with E-state index in [1.165, 1.54) is 26.2 Å². The van der Waals surface area contributed by atoms with Crippen LogP contribution in [0.5, 0.6) is 0 Å². The van der Waals surface area contributed by atoms with Gasteiger partial charge in [0, 0.05) is 19.7 Å². The number of carbonyl (C=O) groups is 3. The quantitative estimate of drug-likeness (QED) is 0.316. The number of hydrogen-bond donors (Lipinski definition) is 1. The van der Waals surface area contributed by atoms with Crippen molar-refractivity contribution in [2.24, 2.45) is 5.92 Å². The number of nitriles is 1. The molecule has 6 heteroatoms. The summed E-state index contributed by atoms with van der Waals surface area (Å²) in [7, 11) is 2.92. The van der Waals surface area contributed by atoms with Crippen molar-refractivity contribution in [2.45, 2.75) is 26.7 Å². The van der Waals surface area contributed by atoms with E-state index in [9.17, 15) is 14.4 Å². The molecule has 1 aliphatic rings. The first-order chi connectivity index (χ1) is 11.9. The molecule has 2 amide bonds. The van der Waals surface area contributed by atoms with Crippen LogP contribution in [0.15, 0.2) is 46.7 Å². The Hall–Kier alpha value is -2.94. The highest BCUT2D eigenvalue weighted by Gasteiger charge is 2.35. The molecule has 1 aliphatic carbocycles. The van der Waals surface area contributed by atoms with Gasteiger partial charge in [-0.1, -0.05) is 11.6 Å². The zero-order valence-electron chi connectivity index (χ0n) is 15.0. The number of nitrogens with zero attached hydrogens (tertiary/aromatic N) is 2. The van der Waals surface area contributed by atoms with Crippen molar-refractivity contribution in [1.29, 1.82) is 5.26 Å². The second-order valence-electron chi connectivity index (χ2n) is 5.77. The molecule has 0 radical (unpaired) electrons. The van der Waals surface area contributed by atoms with Crippen molar-refractivity contribution in [3.63, 3.8) is 0 Å². The summed E-state index contributed by atoms with van der Waals surface area (Å²) < 4.78 is 0. The molecule has 0 saturated heterocycles. The average Bonchev–Trinajstić information content (AvgIpc) is 3.45. The number of amides is 2. The van der Waals surface area contributed by atoms with Gasteiger partial charge in [0.05, 0.1) is 17.3 Å². The molecule has 25 heavy (non-hydrogen) atoms. The van der Waals surface area contributed by atoms with Gasteiger partial charge in [-0.05, 0) is 50.8 Å². The van der Waals surface area contributed by atoms with Crippen molar-refractivity contribution in [3.05, 3.63) is 46.7 Å². The number of hydrogen-bond acceptors (Lipinski definition) is 4. The summed E-state index contributed by atoms with van der Waals surface area (Å²) in [5.41, 5.74) is 1.57. The summed E-state index contributed by atoms with van der Waals surface area (Å²) in [4.78, 5) is 37.1. The molecular weight excluding hydrogens is 318 g/mol. The topological polar surface area (TPSA) is 90.3 Å². The SMILES string of the molecule is C\C=C(C)/C=C(C#N)\C=C\C(=O)/C(=C(/C(=O)NC)C1CC1)N(C)C=O. The fourth-order valence-corrected chi connectivity index (χ4v) is 2.23. The normalized spacial score (nSPS) is 16.1. The van der Waals surface area contributed by atoms with E-state index in [1.807, 2.05) is 26.0 Å². The maximum absolute atomic E-state index is 12.6. The summed E-state index contributed by atoms with van der Waals surface area (Å²) in [6, 6.07) is 2.01. The molecule has 6 nitrogen and oxygen atoms in total. The van der Waals surface area contributed by atoms with E-state index in [0.29, 0.717) is 17.6 Å². The Balaban J connectivity index is 3.29. The third kappa shape index (κ3) is 5.57. The predicted octanol–water partition coefficient (Wildman–Crippen LogP) is 2.03. The van der Waals surface area contributed by atoms with Gasteiger partial charge in [0.2, 0.25) is 18.1 Å².